The molecule has 0 amide bonds. The molecule has 1 aromatic heterocycles. The average molecular weight is 384 g/mol. The van der Waals surface area contributed by atoms with E-state index in [2.05, 4.69) is 27.7 Å². The second-order valence-corrected chi connectivity index (χ2v) is 9.52. The summed E-state index contributed by atoms with van der Waals surface area (Å²) in [5.74, 6) is 2.86. The summed E-state index contributed by atoms with van der Waals surface area (Å²) in [5.41, 5.74) is 0. The molecule has 2 atom stereocenters. The van der Waals surface area contributed by atoms with Crippen LogP contribution < -0.4 is 4.90 Å². The number of piperazine rings is 1. The molecule has 5 nitrogen and oxygen atoms in total. The monoisotopic (exact) mass is 383 g/mol. The fourth-order valence-electron chi connectivity index (χ4n) is 6.30. The summed E-state index contributed by atoms with van der Waals surface area (Å²) in [6, 6.07) is 4.31. The standard InChI is InChI=1S/C23H37N5/c1-2-26-16-20-8-9-21(17-26)28(20)22-10-13-24-23(25-22)18-11-14-27(15-12-18)19-6-4-3-5-7-19/h10,13,18-21H,2-9,11-12,14-17H2,1H3. The maximum Gasteiger partial charge on any atom is 0.133 e. The number of nitrogens with zero attached hydrogens (tertiary/aromatic N) is 5. The van der Waals surface area contributed by atoms with E-state index in [1.54, 1.807) is 0 Å². The predicted octanol–water partition coefficient (Wildman–Crippen LogP) is 3.66. The van der Waals surface area contributed by atoms with Crippen molar-refractivity contribution in [2.75, 3.05) is 37.6 Å². The van der Waals surface area contributed by atoms with Gasteiger partial charge in [-0.2, -0.15) is 0 Å². The summed E-state index contributed by atoms with van der Waals surface area (Å²) in [5, 5.41) is 0. The van der Waals surface area contributed by atoms with Crippen LogP contribution in [0.5, 0.6) is 0 Å². The molecule has 28 heavy (non-hydrogen) atoms. The summed E-state index contributed by atoms with van der Waals surface area (Å²) < 4.78 is 0. The number of hydrogen-bond acceptors (Lipinski definition) is 5. The fraction of sp³-hybridized carbons (Fsp3) is 0.826. The fourth-order valence-corrected chi connectivity index (χ4v) is 6.30. The number of piperidine rings is 1. The van der Waals surface area contributed by atoms with Crippen molar-refractivity contribution < 1.29 is 0 Å². The Bertz CT molecular complexity index is 636. The van der Waals surface area contributed by atoms with Crippen LogP contribution in [0.3, 0.4) is 0 Å². The van der Waals surface area contributed by atoms with Gasteiger partial charge in [0, 0.05) is 43.3 Å². The van der Waals surface area contributed by atoms with Crippen molar-refractivity contribution in [3.63, 3.8) is 0 Å². The number of hydrogen-bond donors (Lipinski definition) is 0. The van der Waals surface area contributed by atoms with Gasteiger partial charge >= 0.3 is 0 Å². The molecule has 0 radical (unpaired) electrons. The maximum absolute atomic E-state index is 5.13. The molecular formula is C23H37N5. The summed E-state index contributed by atoms with van der Waals surface area (Å²) in [4.78, 5) is 17.9. The van der Waals surface area contributed by atoms with E-state index in [9.17, 15) is 0 Å². The van der Waals surface area contributed by atoms with E-state index < -0.39 is 0 Å². The molecule has 2 unspecified atom stereocenters. The molecule has 1 aliphatic carbocycles. The van der Waals surface area contributed by atoms with Gasteiger partial charge in [-0.15, -0.1) is 0 Å². The number of anilines is 1. The van der Waals surface area contributed by atoms with Crippen molar-refractivity contribution in [1.82, 2.24) is 19.8 Å². The normalized spacial score (nSPS) is 30.8. The van der Waals surface area contributed by atoms with Crippen LogP contribution in [-0.2, 0) is 0 Å². The van der Waals surface area contributed by atoms with E-state index in [0.29, 0.717) is 18.0 Å². The minimum Gasteiger partial charge on any atom is -0.348 e. The molecule has 0 spiro atoms. The third-order valence-electron chi connectivity index (χ3n) is 7.91. The Morgan fingerprint density at radius 1 is 0.893 bits per heavy atom. The van der Waals surface area contributed by atoms with Crippen molar-refractivity contribution in [2.24, 2.45) is 0 Å². The van der Waals surface area contributed by atoms with Gasteiger partial charge < -0.3 is 9.80 Å². The molecule has 2 bridgehead atoms. The van der Waals surface area contributed by atoms with Crippen LogP contribution >= 0.6 is 0 Å². The van der Waals surface area contributed by atoms with Crippen LogP contribution in [0, 0.1) is 0 Å². The maximum atomic E-state index is 5.13. The highest BCUT2D eigenvalue weighted by molar-refractivity contribution is 5.44. The Hall–Kier alpha value is -1.20. The lowest BCUT2D eigenvalue weighted by atomic mass is 9.90. The Kier molecular flexibility index (Phi) is 5.56. The van der Waals surface area contributed by atoms with E-state index in [1.807, 2.05) is 6.20 Å². The highest BCUT2D eigenvalue weighted by Crippen LogP contribution is 2.35. The van der Waals surface area contributed by atoms with Gasteiger partial charge in [0.05, 0.1) is 0 Å². The predicted molar refractivity (Wildman–Crippen MR) is 114 cm³/mol. The SMILES string of the molecule is CCN1CC2CCC(C1)N2c1ccnc(C2CCN(C3CCCCC3)CC2)n1. The molecule has 3 saturated heterocycles. The molecule has 1 saturated carbocycles. The Labute approximate surface area is 170 Å². The van der Waals surface area contributed by atoms with Crippen LogP contribution in [0.4, 0.5) is 5.82 Å². The molecule has 0 aromatic carbocycles. The molecule has 4 aliphatic rings. The molecule has 1 aromatic rings. The lowest BCUT2D eigenvalue weighted by Crippen LogP contribution is -2.54. The van der Waals surface area contributed by atoms with Gasteiger partial charge in [-0.05, 0) is 64.2 Å². The third-order valence-corrected chi connectivity index (χ3v) is 7.91. The Morgan fingerprint density at radius 3 is 2.29 bits per heavy atom. The first kappa shape index (κ1) is 18.8. The zero-order chi connectivity index (χ0) is 18.9. The Balaban J connectivity index is 1.24. The summed E-state index contributed by atoms with van der Waals surface area (Å²) >= 11 is 0. The van der Waals surface area contributed by atoms with Crippen LogP contribution in [0.25, 0.3) is 0 Å². The van der Waals surface area contributed by atoms with Crippen LogP contribution in [0.1, 0.15) is 76.5 Å². The largest absolute Gasteiger partial charge is 0.348 e. The first-order chi connectivity index (χ1) is 13.8. The van der Waals surface area contributed by atoms with Crippen molar-refractivity contribution >= 4 is 5.82 Å². The minimum absolute atomic E-state index is 0.550. The van der Waals surface area contributed by atoms with Gasteiger partial charge in [-0.1, -0.05) is 26.2 Å². The number of aromatic nitrogens is 2. The van der Waals surface area contributed by atoms with Crippen LogP contribution in [-0.4, -0.2) is 70.6 Å². The second kappa shape index (κ2) is 8.27. The van der Waals surface area contributed by atoms with Crippen LogP contribution in [0.2, 0.25) is 0 Å². The smallest absolute Gasteiger partial charge is 0.133 e. The van der Waals surface area contributed by atoms with E-state index in [1.165, 1.54) is 96.3 Å². The van der Waals surface area contributed by atoms with Gasteiger partial charge in [-0.25, -0.2) is 9.97 Å². The highest BCUT2D eigenvalue weighted by Gasteiger charge is 2.40. The molecule has 3 aliphatic heterocycles. The third kappa shape index (κ3) is 3.68. The summed E-state index contributed by atoms with van der Waals surface area (Å²) in [6.45, 7) is 8.35. The van der Waals surface area contributed by atoms with Gasteiger partial charge in [-0.3, -0.25) is 4.90 Å². The van der Waals surface area contributed by atoms with Gasteiger partial charge in [0.15, 0.2) is 0 Å². The van der Waals surface area contributed by atoms with E-state index in [-0.39, 0.29) is 0 Å². The Morgan fingerprint density at radius 2 is 1.61 bits per heavy atom. The van der Waals surface area contributed by atoms with E-state index in [4.69, 9.17) is 9.97 Å². The number of likely N-dealkylation sites (tertiary alicyclic amines) is 2. The van der Waals surface area contributed by atoms with Gasteiger partial charge in [0.1, 0.15) is 11.6 Å². The van der Waals surface area contributed by atoms with Crippen molar-refractivity contribution in [3.8, 4) is 0 Å². The van der Waals surface area contributed by atoms with Gasteiger partial charge in [0.2, 0.25) is 0 Å². The molecule has 154 valence electrons. The zero-order valence-corrected chi connectivity index (χ0v) is 17.6. The zero-order valence-electron chi connectivity index (χ0n) is 17.6. The van der Waals surface area contributed by atoms with Crippen molar-refractivity contribution in [3.05, 3.63) is 18.1 Å². The van der Waals surface area contributed by atoms with Crippen molar-refractivity contribution in [2.45, 2.75) is 88.8 Å². The molecule has 0 N–H and O–H groups in total. The molecule has 4 fully saturated rings. The average Bonchev–Trinajstić information content (AvgIpc) is 3.04. The highest BCUT2D eigenvalue weighted by atomic mass is 15.3. The topological polar surface area (TPSA) is 35.5 Å². The second-order valence-electron chi connectivity index (χ2n) is 9.52. The first-order valence-corrected chi connectivity index (χ1v) is 11.9. The molecular weight excluding hydrogens is 346 g/mol. The minimum atomic E-state index is 0.550. The lowest BCUT2D eigenvalue weighted by molar-refractivity contribution is 0.120. The van der Waals surface area contributed by atoms with E-state index >= 15 is 0 Å². The lowest BCUT2D eigenvalue weighted by Gasteiger charge is -2.42. The first-order valence-electron chi connectivity index (χ1n) is 11.9. The quantitative estimate of drug-likeness (QED) is 0.793. The summed E-state index contributed by atoms with van der Waals surface area (Å²) in [6.07, 6.45) is 14.3. The summed E-state index contributed by atoms with van der Waals surface area (Å²) in [7, 11) is 0. The number of fused-ring (bicyclic) bond motifs is 2. The molecule has 4 heterocycles. The van der Waals surface area contributed by atoms with Gasteiger partial charge in [0.25, 0.3) is 0 Å². The number of rotatable bonds is 4. The molecule has 5 heteroatoms. The van der Waals surface area contributed by atoms with E-state index in [0.717, 1.165) is 11.9 Å². The number of likely N-dealkylation sites (N-methyl/N-ethyl adjacent to an activating group) is 1. The van der Waals surface area contributed by atoms with Crippen molar-refractivity contribution in [1.29, 1.82) is 0 Å². The molecule has 5 rings (SSSR count). The van der Waals surface area contributed by atoms with Crippen LogP contribution in [0.15, 0.2) is 12.3 Å².